The van der Waals surface area contributed by atoms with Crippen molar-refractivity contribution in [3.63, 3.8) is 0 Å². The molecule has 0 aliphatic heterocycles. The molecule has 1 aromatic heterocycles. The fraction of sp³-hybridized carbons (Fsp3) is 0.769. The normalized spacial score (nSPS) is 12.9. The Labute approximate surface area is 133 Å². The molecule has 122 valence electrons. The van der Waals surface area contributed by atoms with Crippen molar-refractivity contribution in [1.29, 1.82) is 0 Å². The quantitative estimate of drug-likeness (QED) is 0.471. The number of ether oxygens (including phenoxy) is 1. The topological polar surface area (TPSA) is 27.1 Å². The number of nitrogens with zero attached hydrogens (tertiary/aromatic N) is 2. The molecular formula is C13H22BrF3N2OSi. The number of aromatic nitrogens is 2. The molecule has 0 saturated heterocycles. The molecule has 0 atom stereocenters. The van der Waals surface area contributed by atoms with E-state index in [2.05, 4.69) is 40.6 Å². The van der Waals surface area contributed by atoms with Gasteiger partial charge in [-0.3, -0.25) is 0 Å². The van der Waals surface area contributed by atoms with Gasteiger partial charge in [-0.25, -0.2) is 4.98 Å². The second kappa shape index (κ2) is 7.78. The van der Waals surface area contributed by atoms with Crippen LogP contribution in [0.5, 0.6) is 0 Å². The maximum Gasteiger partial charge on any atom is 0.389 e. The van der Waals surface area contributed by atoms with E-state index >= 15 is 0 Å². The summed E-state index contributed by atoms with van der Waals surface area (Å²) in [7, 11) is -1.13. The Morgan fingerprint density at radius 2 is 2.00 bits per heavy atom. The third kappa shape index (κ3) is 8.62. The van der Waals surface area contributed by atoms with E-state index < -0.39 is 20.7 Å². The Morgan fingerprint density at radius 3 is 2.57 bits per heavy atom. The van der Waals surface area contributed by atoms with E-state index in [4.69, 9.17) is 4.74 Å². The lowest BCUT2D eigenvalue weighted by Gasteiger charge is -2.16. The number of halogens is 4. The van der Waals surface area contributed by atoms with E-state index in [1.807, 2.05) is 0 Å². The fourth-order valence-electron chi connectivity index (χ4n) is 1.72. The molecule has 1 rings (SSSR count). The van der Waals surface area contributed by atoms with Gasteiger partial charge in [0.05, 0.1) is 0 Å². The number of hydrogen-bond acceptors (Lipinski definition) is 2. The molecule has 1 aromatic rings. The van der Waals surface area contributed by atoms with Crippen LogP contribution in [0.4, 0.5) is 13.2 Å². The van der Waals surface area contributed by atoms with E-state index in [9.17, 15) is 13.2 Å². The van der Waals surface area contributed by atoms with Gasteiger partial charge >= 0.3 is 6.18 Å². The molecule has 0 unspecified atom stereocenters. The maximum absolute atomic E-state index is 12.2. The highest BCUT2D eigenvalue weighted by Gasteiger charge is 2.26. The van der Waals surface area contributed by atoms with Crippen molar-refractivity contribution in [2.24, 2.45) is 0 Å². The summed E-state index contributed by atoms with van der Waals surface area (Å²) in [5.74, 6) is 0.624. The van der Waals surface area contributed by atoms with Crippen LogP contribution in [0.25, 0.3) is 0 Å². The number of imidazole rings is 1. The Hall–Kier alpha value is -0.343. The standard InChI is InChI=1S/C13H22BrF3N2OSi/c1-21(2,3)8-7-20-10-19-9-11(14)18-12(19)5-4-6-13(15,16)17/h9H,4-8,10H2,1-3H3. The van der Waals surface area contributed by atoms with E-state index in [1.54, 1.807) is 10.8 Å². The third-order valence-electron chi connectivity index (χ3n) is 2.92. The number of rotatable bonds is 8. The molecule has 0 aromatic carbocycles. The fourth-order valence-corrected chi connectivity index (χ4v) is 2.93. The molecule has 3 nitrogen and oxygen atoms in total. The van der Waals surface area contributed by atoms with E-state index in [0.29, 0.717) is 30.2 Å². The average Bonchev–Trinajstić information content (AvgIpc) is 2.62. The lowest BCUT2D eigenvalue weighted by Crippen LogP contribution is -2.22. The highest BCUT2D eigenvalue weighted by atomic mass is 79.9. The smallest absolute Gasteiger partial charge is 0.361 e. The van der Waals surface area contributed by atoms with Crippen LogP contribution in [0.3, 0.4) is 0 Å². The first-order valence-electron chi connectivity index (χ1n) is 6.93. The van der Waals surface area contributed by atoms with Crippen LogP contribution in [-0.2, 0) is 17.9 Å². The first kappa shape index (κ1) is 18.7. The monoisotopic (exact) mass is 386 g/mol. The minimum Gasteiger partial charge on any atom is -0.361 e. The van der Waals surface area contributed by atoms with Crippen LogP contribution in [0.2, 0.25) is 25.7 Å². The molecule has 0 radical (unpaired) electrons. The number of aryl methyl sites for hydroxylation is 1. The predicted octanol–water partition coefficient (Wildman–Crippen LogP) is 4.84. The molecule has 0 amide bonds. The Balaban J connectivity index is 2.43. The zero-order valence-corrected chi connectivity index (χ0v) is 15.2. The summed E-state index contributed by atoms with van der Waals surface area (Å²) in [6.07, 6.45) is -2.81. The van der Waals surface area contributed by atoms with Gasteiger partial charge in [0.25, 0.3) is 0 Å². The van der Waals surface area contributed by atoms with Crippen LogP contribution in [0.15, 0.2) is 10.8 Å². The summed E-state index contributed by atoms with van der Waals surface area (Å²) < 4.78 is 44.5. The zero-order valence-electron chi connectivity index (χ0n) is 12.6. The van der Waals surface area contributed by atoms with Gasteiger partial charge in [-0.2, -0.15) is 13.2 Å². The second-order valence-corrected chi connectivity index (χ2v) is 12.7. The highest BCUT2D eigenvalue weighted by Crippen LogP contribution is 2.23. The summed E-state index contributed by atoms with van der Waals surface area (Å²) in [6, 6.07) is 1.06. The van der Waals surface area contributed by atoms with Gasteiger partial charge in [0.2, 0.25) is 0 Å². The summed E-state index contributed by atoms with van der Waals surface area (Å²) in [5, 5.41) is 0. The predicted molar refractivity (Wildman–Crippen MR) is 83.0 cm³/mol. The lowest BCUT2D eigenvalue weighted by atomic mass is 10.2. The van der Waals surface area contributed by atoms with Crippen molar-refractivity contribution in [3.8, 4) is 0 Å². The van der Waals surface area contributed by atoms with Gasteiger partial charge in [-0.1, -0.05) is 19.6 Å². The van der Waals surface area contributed by atoms with Crippen molar-refractivity contribution >= 4 is 24.0 Å². The molecule has 0 aliphatic rings. The first-order valence-corrected chi connectivity index (χ1v) is 11.4. The summed E-state index contributed by atoms with van der Waals surface area (Å²) in [5.41, 5.74) is 0. The molecule has 0 saturated carbocycles. The van der Waals surface area contributed by atoms with Gasteiger partial charge in [-0.05, 0) is 28.4 Å². The van der Waals surface area contributed by atoms with Crippen molar-refractivity contribution in [2.45, 2.75) is 57.9 Å². The van der Waals surface area contributed by atoms with Crippen LogP contribution >= 0.6 is 15.9 Å². The Bertz CT molecular complexity index is 444. The van der Waals surface area contributed by atoms with Gasteiger partial charge < -0.3 is 9.30 Å². The largest absolute Gasteiger partial charge is 0.389 e. The van der Waals surface area contributed by atoms with Crippen LogP contribution < -0.4 is 0 Å². The van der Waals surface area contributed by atoms with Crippen LogP contribution in [-0.4, -0.2) is 30.4 Å². The van der Waals surface area contributed by atoms with Gasteiger partial charge in [0, 0.05) is 33.7 Å². The SMILES string of the molecule is C[Si](C)(C)CCOCn1cc(Br)nc1CCCC(F)(F)F. The molecule has 0 fully saturated rings. The van der Waals surface area contributed by atoms with Crippen molar-refractivity contribution < 1.29 is 17.9 Å². The molecule has 0 spiro atoms. The summed E-state index contributed by atoms with van der Waals surface area (Å²) in [6.45, 7) is 7.82. The molecule has 0 aliphatic carbocycles. The van der Waals surface area contributed by atoms with Gasteiger partial charge in [0.1, 0.15) is 17.2 Å². The van der Waals surface area contributed by atoms with Gasteiger partial charge in [0.15, 0.2) is 0 Å². The molecule has 0 bridgehead atoms. The third-order valence-corrected chi connectivity index (χ3v) is 5.00. The molecule has 8 heteroatoms. The van der Waals surface area contributed by atoms with E-state index in [-0.39, 0.29) is 6.42 Å². The van der Waals surface area contributed by atoms with E-state index in [0.717, 1.165) is 6.04 Å². The number of hydrogen-bond donors (Lipinski definition) is 0. The maximum atomic E-state index is 12.2. The molecule has 0 N–H and O–H groups in total. The second-order valence-electron chi connectivity index (χ2n) is 6.27. The zero-order chi connectivity index (χ0) is 16.1. The summed E-state index contributed by atoms with van der Waals surface area (Å²) in [4.78, 5) is 4.20. The Kier molecular flexibility index (Phi) is 6.93. The average molecular weight is 387 g/mol. The minimum atomic E-state index is -4.11. The number of alkyl halides is 3. The highest BCUT2D eigenvalue weighted by molar-refractivity contribution is 9.10. The molecule has 21 heavy (non-hydrogen) atoms. The first-order chi connectivity index (χ1) is 9.57. The summed E-state index contributed by atoms with van der Waals surface area (Å²) >= 11 is 3.25. The molecular weight excluding hydrogens is 365 g/mol. The molecule has 1 heterocycles. The van der Waals surface area contributed by atoms with Gasteiger partial charge in [-0.15, -0.1) is 0 Å². The van der Waals surface area contributed by atoms with Crippen LogP contribution in [0.1, 0.15) is 18.7 Å². The lowest BCUT2D eigenvalue weighted by molar-refractivity contribution is -0.135. The van der Waals surface area contributed by atoms with Crippen molar-refractivity contribution in [1.82, 2.24) is 9.55 Å². The minimum absolute atomic E-state index is 0.0435. The van der Waals surface area contributed by atoms with E-state index in [1.165, 1.54) is 0 Å². The van der Waals surface area contributed by atoms with Crippen molar-refractivity contribution in [3.05, 3.63) is 16.6 Å². The van der Waals surface area contributed by atoms with Crippen LogP contribution in [0, 0.1) is 0 Å². The van der Waals surface area contributed by atoms with Crippen molar-refractivity contribution in [2.75, 3.05) is 6.61 Å². The Morgan fingerprint density at radius 1 is 1.33 bits per heavy atom.